The van der Waals surface area contributed by atoms with Crippen LogP contribution in [0, 0.1) is 16.0 Å². The van der Waals surface area contributed by atoms with Crippen LogP contribution < -0.4 is 4.74 Å². The average molecular weight is 351 g/mol. The molecule has 0 saturated carbocycles. The molecule has 138 valence electrons. The highest BCUT2D eigenvalue weighted by Crippen LogP contribution is 2.25. The number of carbonyl (C=O) groups excluding carboxylic acids is 1. The van der Waals surface area contributed by atoms with Gasteiger partial charge in [0.2, 0.25) is 0 Å². The standard InChI is InChI=1S/C17H25N3O5/c1-17(2,3)25-16(21)19-10-6-13(7-11-19)8-12-24-15-14(20(22)23)5-4-9-18-15/h4-5,9,13H,6-8,10-12H2,1-3H3. The van der Waals surface area contributed by atoms with Gasteiger partial charge in [-0.15, -0.1) is 0 Å². The molecule has 25 heavy (non-hydrogen) atoms. The Labute approximate surface area is 147 Å². The molecule has 1 aliphatic heterocycles. The van der Waals surface area contributed by atoms with Gasteiger partial charge in [-0.2, -0.15) is 0 Å². The number of rotatable bonds is 5. The number of nitrogens with zero attached hydrogens (tertiary/aromatic N) is 3. The zero-order valence-corrected chi connectivity index (χ0v) is 14.9. The number of ether oxygens (including phenoxy) is 2. The SMILES string of the molecule is CC(C)(C)OC(=O)N1CCC(CCOc2ncccc2[N+](=O)[O-])CC1. The summed E-state index contributed by atoms with van der Waals surface area (Å²) in [5.41, 5.74) is -0.610. The summed E-state index contributed by atoms with van der Waals surface area (Å²) in [6.45, 7) is 7.24. The number of amides is 1. The topological polar surface area (TPSA) is 94.8 Å². The Bertz CT molecular complexity index is 607. The predicted molar refractivity (Wildman–Crippen MR) is 91.5 cm³/mol. The Kier molecular flexibility index (Phi) is 6.17. The van der Waals surface area contributed by atoms with Crippen LogP contribution in [-0.2, 0) is 4.74 Å². The monoisotopic (exact) mass is 351 g/mol. The van der Waals surface area contributed by atoms with E-state index in [1.165, 1.54) is 18.3 Å². The quantitative estimate of drug-likeness (QED) is 0.596. The summed E-state index contributed by atoms with van der Waals surface area (Å²) in [4.78, 5) is 28.1. The Morgan fingerprint density at radius 1 is 1.40 bits per heavy atom. The van der Waals surface area contributed by atoms with E-state index in [9.17, 15) is 14.9 Å². The predicted octanol–water partition coefficient (Wildman–Crippen LogP) is 3.41. The second-order valence-electron chi connectivity index (χ2n) is 7.13. The summed E-state index contributed by atoms with van der Waals surface area (Å²) >= 11 is 0. The molecule has 1 amide bonds. The third kappa shape index (κ3) is 5.88. The summed E-state index contributed by atoms with van der Waals surface area (Å²) in [5.74, 6) is 0.472. The number of hydrogen-bond donors (Lipinski definition) is 0. The molecule has 0 bridgehead atoms. The maximum absolute atomic E-state index is 12.0. The first kappa shape index (κ1) is 19.0. The van der Waals surface area contributed by atoms with Gasteiger partial charge >= 0.3 is 11.8 Å². The van der Waals surface area contributed by atoms with Gasteiger partial charge in [-0.05, 0) is 52.0 Å². The highest BCUT2D eigenvalue weighted by atomic mass is 16.6. The van der Waals surface area contributed by atoms with Crippen LogP contribution in [0.2, 0.25) is 0 Å². The Morgan fingerprint density at radius 2 is 2.08 bits per heavy atom. The van der Waals surface area contributed by atoms with Gasteiger partial charge in [-0.3, -0.25) is 10.1 Å². The van der Waals surface area contributed by atoms with Crippen molar-refractivity contribution in [3.8, 4) is 5.88 Å². The van der Waals surface area contributed by atoms with Crippen molar-refractivity contribution in [3.05, 3.63) is 28.4 Å². The molecule has 0 radical (unpaired) electrons. The smallest absolute Gasteiger partial charge is 0.410 e. The van der Waals surface area contributed by atoms with Crippen molar-refractivity contribution in [1.29, 1.82) is 0 Å². The van der Waals surface area contributed by atoms with E-state index >= 15 is 0 Å². The molecule has 1 saturated heterocycles. The first-order valence-electron chi connectivity index (χ1n) is 8.46. The minimum Gasteiger partial charge on any atom is -0.473 e. The van der Waals surface area contributed by atoms with Crippen LogP contribution in [0.4, 0.5) is 10.5 Å². The highest BCUT2D eigenvalue weighted by Gasteiger charge is 2.27. The maximum atomic E-state index is 12.0. The summed E-state index contributed by atoms with van der Waals surface area (Å²) < 4.78 is 10.9. The van der Waals surface area contributed by atoms with E-state index in [2.05, 4.69) is 4.98 Å². The molecular weight excluding hydrogens is 326 g/mol. The maximum Gasteiger partial charge on any atom is 0.410 e. The lowest BCUT2D eigenvalue weighted by molar-refractivity contribution is -0.386. The fraction of sp³-hybridized carbons (Fsp3) is 0.647. The van der Waals surface area contributed by atoms with Gasteiger partial charge in [0.25, 0.3) is 5.88 Å². The molecule has 8 heteroatoms. The van der Waals surface area contributed by atoms with Crippen molar-refractivity contribution in [2.24, 2.45) is 5.92 Å². The molecule has 1 aromatic rings. The second-order valence-corrected chi connectivity index (χ2v) is 7.13. The molecule has 0 unspecified atom stereocenters. The zero-order valence-electron chi connectivity index (χ0n) is 14.9. The number of hydrogen-bond acceptors (Lipinski definition) is 6. The Hall–Kier alpha value is -2.38. The number of aromatic nitrogens is 1. The van der Waals surface area contributed by atoms with Gasteiger partial charge < -0.3 is 14.4 Å². The van der Waals surface area contributed by atoms with Crippen molar-refractivity contribution >= 4 is 11.8 Å². The van der Waals surface area contributed by atoms with Gasteiger partial charge in [0.15, 0.2) is 0 Å². The van der Waals surface area contributed by atoms with E-state index in [1.807, 2.05) is 20.8 Å². The van der Waals surface area contributed by atoms with Crippen molar-refractivity contribution in [1.82, 2.24) is 9.88 Å². The lowest BCUT2D eigenvalue weighted by atomic mass is 9.94. The van der Waals surface area contributed by atoms with E-state index < -0.39 is 10.5 Å². The summed E-state index contributed by atoms with van der Waals surface area (Å²) in [6, 6.07) is 2.89. The van der Waals surface area contributed by atoms with Crippen LogP contribution in [0.5, 0.6) is 5.88 Å². The first-order chi connectivity index (χ1) is 11.8. The number of likely N-dealkylation sites (tertiary alicyclic amines) is 1. The molecule has 0 N–H and O–H groups in total. The lowest BCUT2D eigenvalue weighted by Gasteiger charge is -2.33. The van der Waals surface area contributed by atoms with Crippen LogP contribution in [0.3, 0.4) is 0 Å². The summed E-state index contributed by atoms with van der Waals surface area (Å²) in [7, 11) is 0. The summed E-state index contributed by atoms with van der Waals surface area (Å²) in [6.07, 6.45) is 3.71. The van der Waals surface area contributed by atoms with Crippen LogP contribution in [-0.4, -0.2) is 46.2 Å². The summed E-state index contributed by atoms with van der Waals surface area (Å²) in [5, 5.41) is 10.9. The molecule has 0 spiro atoms. The molecule has 1 aromatic heterocycles. The van der Waals surface area contributed by atoms with Crippen LogP contribution >= 0.6 is 0 Å². The van der Waals surface area contributed by atoms with Crippen molar-refractivity contribution in [3.63, 3.8) is 0 Å². The molecule has 0 aliphatic carbocycles. The molecule has 2 heterocycles. The lowest BCUT2D eigenvalue weighted by Crippen LogP contribution is -2.41. The molecule has 1 aliphatic rings. The number of piperidine rings is 1. The zero-order chi connectivity index (χ0) is 18.4. The van der Waals surface area contributed by atoms with Crippen LogP contribution in [0.25, 0.3) is 0 Å². The van der Waals surface area contributed by atoms with Gasteiger partial charge in [-0.25, -0.2) is 9.78 Å². The van der Waals surface area contributed by atoms with Gasteiger partial charge in [0, 0.05) is 25.4 Å². The minimum atomic E-state index is -0.498. The van der Waals surface area contributed by atoms with E-state index in [1.54, 1.807) is 4.90 Å². The van der Waals surface area contributed by atoms with Gasteiger partial charge in [-0.1, -0.05) is 0 Å². The van der Waals surface area contributed by atoms with Crippen molar-refractivity contribution in [2.75, 3.05) is 19.7 Å². The molecule has 8 nitrogen and oxygen atoms in total. The highest BCUT2D eigenvalue weighted by molar-refractivity contribution is 5.68. The van der Waals surface area contributed by atoms with Crippen molar-refractivity contribution in [2.45, 2.75) is 45.6 Å². The third-order valence-corrected chi connectivity index (χ3v) is 3.98. The number of pyridine rings is 1. The molecule has 1 fully saturated rings. The van der Waals surface area contributed by atoms with E-state index in [-0.39, 0.29) is 17.7 Å². The van der Waals surface area contributed by atoms with Gasteiger partial charge in [0.1, 0.15) is 5.60 Å². The molecule has 0 atom stereocenters. The van der Waals surface area contributed by atoms with Crippen molar-refractivity contribution < 1.29 is 19.2 Å². The normalized spacial score (nSPS) is 15.7. The largest absolute Gasteiger partial charge is 0.473 e. The fourth-order valence-electron chi connectivity index (χ4n) is 2.69. The second kappa shape index (κ2) is 8.13. The first-order valence-corrected chi connectivity index (χ1v) is 8.46. The van der Waals surface area contributed by atoms with E-state index in [4.69, 9.17) is 9.47 Å². The van der Waals surface area contributed by atoms with Crippen LogP contribution in [0.1, 0.15) is 40.0 Å². The number of carbonyl (C=O) groups is 1. The molecule has 2 rings (SSSR count). The van der Waals surface area contributed by atoms with Gasteiger partial charge in [0.05, 0.1) is 11.5 Å². The Balaban J connectivity index is 1.74. The van der Waals surface area contributed by atoms with E-state index in [0.717, 1.165) is 19.3 Å². The van der Waals surface area contributed by atoms with E-state index in [0.29, 0.717) is 25.6 Å². The number of nitro groups is 1. The van der Waals surface area contributed by atoms with Crippen LogP contribution in [0.15, 0.2) is 18.3 Å². The molecular formula is C17H25N3O5. The third-order valence-electron chi connectivity index (χ3n) is 3.98. The fourth-order valence-corrected chi connectivity index (χ4v) is 2.69. The Morgan fingerprint density at radius 3 is 2.68 bits per heavy atom. The minimum absolute atomic E-state index is 0.0543. The molecule has 0 aromatic carbocycles. The average Bonchev–Trinajstić information content (AvgIpc) is 2.54.